The largest absolute Gasteiger partial charge is 0.325 e. The Kier molecular flexibility index (Phi) is 12.0. The van der Waals surface area contributed by atoms with E-state index in [9.17, 15) is 19.2 Å². The highest BCUT2D eigenvalue weighted by molar-refractivity contribution is 8.00. The number of anilines is 2. The normalized spacial score (nSPS) is 12.5. The first-order valence-electron chi connectivity index (χ1n) is 16.6. The number of carbonyl (C=O) groups excluding carboxylic acids is 2. The van der Waals surface area contributed by atoms with Gasteiger partial charge in [0.2, 0.25) is 11.8 Å². The monoisotopic (exact) mass is 772 g/mol. The van der Waals surface area contributed by atoms with Crippen LogP contribution in [0.4, 0.5) is 11.4 Å². The number of amides is 2. The van der Waals surface area contributed by atoms with E-state index in [0.29, 0.717) is 66.4 Å². The number of aromatic nitrogens is 4. The van der Waals surface area contributed by atoms with Crippen molar-refractivity contribution in [2.45, 2.75) is 60.6 Å². The van der Waals surface area contributed by atoms with Crippen LogP contribution in [-0.2, 0) is 22.7 Å². The summed E-state index contributed by atoms with van der Waals surface area (Å²) in [6.45, 7) is 3.88. The van der Waals surface area contributed by atoms with Crippen LogP contribution in [0.3, 0.4) is 0 Å². The summed E-state index contributed by atoms with van der Waals surface area (Å²) in [5, 5.41) is 7.28. The molecule has 4 aromatic carbocycles. The highest BCUT2D eigenvalue weighted by Crippen LogP contribution is 2.29. The highest BCUT2D eigenvalue weighted by atomic mass is 35.5. The zero-order valence-electron chi connectivity index (χ0n) is 28.2. The Hall–Kier alpha value is -4.62. The summed E-state index contributed by atoms with van der Waals surface area (Å²) in [6, 6.07) is 27.7. The van der Waals surface area contributed by atoms with Gasteiger partial charge in [0.05, 0.1) is 32.3 Å². The molecule has 0 aliphatic carbocycles. The molecular formula is C38H34Cl2N6O4S2. The number of fused-ring (bicyclic) bond motifs is 2. The van der Waals surface area contributed by atoms with Crippen LogP contribution in [0.2, 0.25) is 10.0 Å². The molecule has 2 atom stereocenters. The zero-order chi connectivity index (χ0) is 36.8. The molecule has 266 valence electrons. The molecule has 0 spiro atoms. The average molecular weight is 774 g/mol. The van der Waals surface area contributed by atoms with Crippen molar-refractivity contribution in [2.24, 2.45) is 0 Å². The second-order valence-electron chi connectivity index (χ2n) is 11.8. The molecule has 10 nitrogen and oxygen atoms in total. The molecule has 0 radical (unpaired) electrons. The van der Waals surface area contributed by atoms with Gasteiger partial charge in [-0.2, -0.15) is 0 Å². The third kappa shape index (κ3) is 8.53. The van der Waals surface area contributed by atoms with E-state index in [1.54, 1.807) is 97.1 Å². The number of nitrogens with one attached hydrogen (secondary N) is 2. The number of nitrogens with zero attached hydrogens (tertiary/aromatic N) is 4. The van der Waals surface area contributed by atoms with Crippen molar-refractivity contribution in [3.05, 3.63) is 128 Å². The predicted octanol–water partition coefficient (Wildman–Crippen LogP) is 8.13. The van der Waals surface area contributed by atoms with Crippen molar-refractivity contribution in [3.63, 3.8) is 0 Å². The highest BCUT2D eigenvalue weighted by Gasteiger charge is 2.25. The van der Waals surface area contributed by atoms with Gasteiger partial charge >= 0.3 is 0 Å². The lowest BCUT2D eigenvalue weighted by Gasteiger charge is -2.20. The van der Waals surface area contributed by atoms with Crippen molar-refractivity contribution in [2.75, 3.05) is 10.6 Å². The van der Waals surface area contributed by atoms with E-state index >= 15 is 0 Å². The van der Waals surface area contributed by atoms with Gasteiger partial charge in [0.1, 0.15) is 0 Å². The van der Waals surface area contributed by atoms with Crippen LogP contribution in [-0.4, -0.2) is 41.4 Å². The van der Waals surface area contributed by atoms with Crippen LogP contribution in [0.25, 0.3) is 21.8 Å². The molecule has 0 fully saturated rings. The van der Waals surface area contributed by atoms with Gasteiger partial charge in [-0.3, -0.25) is 28.3 Å². The van der Waals surface area contributed by atoms with Gasteiger partial charge in [-0.05, 0) is 85.6 Å². The minimum atomic E-state index is -0.587. The Balaban J connectivity index is 1.33. The summed E-state index contributed by atoms with van der Waals surface area (Å²) >= 11 is 14.4. The molecule has 2 heterocycles. The number of benzene rings is 4. The number of hydrogen-bond donors (Lipinski definition) is 2. The van der Waals surface area contributed by atoms with Crippen LogP contribution < -0.4 is 21.8 Å². The number of rotatable bonds is 13. The molecule has 0 unspecified atom stereocenters. The van der Waals surface area contributed by atoms with E-state index in [2.05, 4.69) is 10.6 Å². The van der Waals surface area contributed by atoms with E-state index in [1.807, 2.05) is 13.8 Å². The van der Waals surface area contributed by atoms with E-state index in [4.69, 9.17) is 33.2 Å². The minimum Gasteiger partial charge on any atom is -0.325 e. The van der Waals surface area contributed by atoms with E-state index < -0.39 is 10.5 Å². The maximum atomic E-state index is 14.1. The lowest BCUT2D eigenvalue weighted by Crippen LogP contribution is -2.32. The molecular weight excluding hydrogens is 739 g/mol. The molecule has 52 heavy (non-hydrogen) atoms. The van der Waals surface area contributed by atoms with Crippen molar-refractivity contribution >= 4 is 91.7 Å². The van der Waals surface area contributed by atoms with Gasteiger partial charge < -0.3 is 10.6 Å². The van der Waals surface area contributed by atoms with E-state index in [0.717, 1.165) is 0 Å². The van der Waals surface area contributed by atoms with E-state index in [1.165, 1.54) is 32.7 Å². The molecule has 6 rings (SSSR count). The first-order valence-corrected chi connectivity index (χ1v) is 19.1. The summed E-state index contributed by atoms with van der Waals surface area (Å²) in [6.07, 6.45) is 0.913. The van der Waals surface area contributed by atoms with Crippen molar-refractivity contribution in [1.29, 1.82) is 0 Å². The fourth-order valence-corrected chi connectivity index (χ4v) is 7.81. The number of halogens is 2. The summed E-state index contributed by atoms with van der Waals surface area (Å²) in [5.41, 5.74) is 1.59. The van der Waals surface area contributed by atoms with Gasteiger partial charge in [-0.25, -0.2) is 9.97 Å². The number of thioether (sulfide) groups is 2. The molecule has 2 N–H and O–H groups in total. The minimum absolute atomic E-state index is 0.0511. The molecule has 14 heteroatoms. The first-order chi connectivity index (χ1) is 25.1. The maximum Gasteiger partial charge on any atom is 0.262 e. The summed E-state index contributed by atoms with van der Waals surface area (Å²) in [7, 11) is 0. The van der Waals surface area contributed by atoms with Crippen LogP contribution in [0.15, 0.2) is 117 Å². The van der Waals surface area contributed by atoms with Gasteiger partial charge in [0, 0.05) is 34.5 Å². The molecule has 2 amide bonds. The quantitative estimate of drug-likeness (QED) is 0.0890. The molecule has 0 bridgehead atoms. The summed E-state index contributed by atoms with van der Waals surface area (Å²) < 4.78 is 3.01. The van der Waals surface area contributed by atoms with Crippen molar-refractivity contribution in [1.82, 2.24) is 19.1 Å². The molecule has 0 aliphatic rings. The number of para-hydroxylation sites is 2. The first kappa shape index (κ1) is 37.1. The molecule has 2 aromatic heterocycles. The van der Waals surface area contributed by atoms with Gasteiger partial charge in [-0.1, -0.05) is 84.8 Å². The van der Waals surface area contributed by atoms with Gasteiger partial charge in [0.15, 0.2) is 10.3 Å². The lowest BCUT2D eigenvalue weighted by molar-refractivity contribution is -0.116. The fourth-order valence-electron chi connectivity index (χ4n) is 5.48. The number of hydrogen-bond acceptors (Lipinski definition) is 8. The van der Waals surface area contributed by atoms with E-state index in [-0.39, 0.29) is 36.0 Å². The summed E-state index contributed by atoms with van der Waals surface area (Å²) in [4.78, 5) is 64.6. The Morgan fingerprint density at radius 3 is 1.35 bits per heavy atom. The fraction of sp³-hybridized carbons (Fsp3) is 0.211. The topological polar surface area (TPSA) is 128 Å². The lowest BCUT2D eigenvalue weighted by atomic mass is 10.2. The molecule has 0 saturated heterocycles. The van der Waals surface area contributed by atoms with Crippen LogP contribution in [0.5, 0.6) is 0 Å². The second kappa shape index (κ2) is 16.8. The number of carbonyl (C=O) groups is 2. The van der Waals surface area contributed by atoms with Crippen LogP contribution in [0, 0.1) is 0 Å². The Labute approximate surface area is 318 Å². The Bertz CT molecular complexity index is 2200. The van der Waals surface area contributed by atoms with Crippen LogP contribution in [0.1, 0.15) is 26.7 Å². The van der Waals surface area contributed by atoms with Crippen molar-refractivity contribution in [3.8, 4) is 0 Å². The maximum absolute atomic E-state index is 14.1. The predicted molar refractivity (Wildman–Crippen MR) is 212 cm³/mol. The van der Waals surface area contributed by atoms with Crippen molar-refractivity contribution < 1.29 is 9.59 Å². The summed E-state index contributed by atoms with van der Waals surface area (Å²) in [5.74, 6) is -0.500. The molecule has 0 aliphatic heterocycles. The average Bonchev–Trinajstić information content (AvgIpc) is 3.15. The third-order valence-electron chi connectivity index (χ3n) is 8.25. The SMILES string of the molecule is CC[C@H](Sc1nc2ccccc2c(=O)n1CCn1c(S[C@H](CC)C(=O)Nc2ccc(Cl)cc2)nc2ccccc2c1=O)C(=O)Nc1ccc(Cl)cc1. The van der Waals surface area contributed by atoms with Gasteiger partial charge in [0.25, 0.3) is 11.1 Å². The second-order valence-corrected chi connectivity index (χ2v) is 15.0. The molecule has 0 saturated carbocycles. The third-order valence-corrected chi connectivity index (χ3v) is 11.5. The van der Waals surface area contributed by atoms with Gasteiger partial charge in [-0.15, -0.1) is 0 Å². The zero-order valence-corrected chi connectivity index (χ0v) is 31.4. The van der Waals surface area contributed by atoms with Crippen LogP contribution >= 0.6 is 46.7 Å². The standard InChI is InChI=1S/C38H34Cl2N6O4S2/c1-3-31(33(47)41-25-17-13-23(39)14-18-25)51-37-43-29-11-7-5-9-27(29)35(49)45(37)21-22-46-36(50)28-10-6-8-12-30(28)44-38(46)52-32(4-2)34(48)42-26-19-15-24(40)16-20-26/h5-20,31-32H,3-4,21-22H2,1-2H3,(H,41,47)(H,42,48)/t31-,32+. The Morgan fingerprint density at radius 2 is 0.981 bits per heavy atom. The Morgan fingerprint density at radius 1 is 0.615 bits per heavy atom. The molecule has 6 aromatic rings. The smallest absolute Gasteiger partial charge is 0.262 e.